The average Bonchev–Trinajstić information content (AvgIpc) is 2.43. The van der Waals surface area contributed by atoms with Gasteiger partial charge < -0.3 is 10.2 Å². The molecule has 21 heavy (non-hydrogen) atoms. The first-order chi connectivity index (χ1) is 9.95. The molecule has 1 fully saturated rings. The summed E-state index contributed by atoms with van der Waals surface area (Å²) in [5.41, 5.74) is 3.07. The third-order valence-electron chi connectivity index (χ3n) is 3.85. The average molecular weight is 289 g/mol. The van der Waals surface area contributed by atoms with Crippen LogP contribution in [-0.2, 0) is 9.59 Å². The fraction of sp³-hybridized carbons (Fsp3) is 0.500. The molecule has 1 N–H and O–H groups in total. The Bertz CT molecular complexity index is 534. The van der Waals surface area contributed by atoms with Gasteiger partial charge in [-0.2, -0.15) is 0 Å². The highest BCUT2D eigenvalue weighted by molar-refractivity contribution is 5.93. The molecule has 0 atom stereocenters. The van der Waals surface area contributed by atoms with Crippen molar-refractivity contribution < 1.29 is 9.59 Å². The maximum atomic E-state index is 12.1. The van der Waals surface area contributed by atoms with Crippen LogP contribution in [0.4, 0.5) is 5.69 Å². The summed E-state index contributed by atoms with van der Waals surface area (Å²) < 4.78 is 0. The second-order valence-corrected chi connectivity index (χ2v) is 5.65. The van der Waals surface area contributed by atoms with E-state index in [1.165, 1.54) is 0 Å². The summed E-state index contributed by atoms with van der Waals surface area (Å²) in [5.74, 6) is 0.106. The van der Waals surface area contributed by atoms with E-state index in [0.29, 0.717) is 19.6 Å². The van der Waals surface area contributed by atoms with Crippen molar-refractivity contribution in [3.63, 3.8) is 0 Å². The fourth-order valence-electron chi connectivity index (χ4n) is 2.48. The lowest BCUT2D eigenvalue weighted by atomic mass is 10.1. The van der Waals surface area contributed by atoms with Gasteiger partial charge in [-0.1, -0.05) is 12.1 Å². The van der Waals surface area contributed by atoms with Crippen LogP contribution >= 0.6 is 0 Å². The number of anilines is 1. The zero-order chi connectivity index (χ0) is 15.4. The molecule has 5 heteroatoms. The van der Waals surface area contributed by atoms with Gasteiger partial charge in [0.1, 0.15) is 0 Å². The number of nitrogens with zero attached hydrogens (tertiary/aromatic N) is 2. The van der Waals surface area contributed by atoms with E-state index in [-0.39, 0.29) is 11.8 Å². The summed E-state index contributed by atoms with van der Waals surface area (Å²) in [6.45, 7) is 8.86. The van der Waals surface area contributed by atoms with E-state index in [9.17, 15) is 9.59 Å². The van der Waals surface area contributed by atoms with Crippen molar-refractivity contribution in [2.24, 2.45) is 0 Å². The third kappa shape index (κ3) is 4.29. The van der Waals surface area contributed by atoms with Gasteiger partial charge in [-0.3, -0.25) is 14.5 Å². The molecule has 0 radical (unpaired) electrons. The van der Waals surface area contributed by atoms with Gasteiger partial charge in [0.05, 0.1) is 6.54 Å². The Hall–Kier alpha value is -1.88. The first-order valence-electron chi connectivity index (χ1n) is 7.30. The standard InChI is InChI=1S/C16H23N3O2/c1-12-4-5-13(2)15(10-12)17-16(21)11-18-6-8-19(9-7-18)14(3)20/h4-5,10H,6-9,11H2,1-3H3,(H,17,21). The summed E-state index contributed by atoms with van der Waals surface area (Å²) in [6.07, 6.45) is 0. The lowest BCUT2D eigenvalue weighted by Crippen LogP contribution is -2.49. The topological polar surface area (TPSA) is 52.7 Å². The third-order valence-corrected chi connectivity index (χ3v) is 3.85. The molecule has 1 saturated heterocycles. The quantitative estimate of drug-likeness (QED) is 0.915. The van der Waals surface area contributed by atoms with E-state index in [4.69, 9.17) is 0 Å². The summed E-state index contributed by atoms with van der Waals surface area (Å²) in [4.78, 5) is 27.3. The molecule has 0 saturated carbocycles. The predicted octanol–water partition coefficient (Wildman–Crippen LogP) is 1.41. The molecule has 1 aliphatic heterocycles. The fourth-order valence-corrected chi connectivity index (χ4v) is 2.48. The molecular weight excluding hydrogens is 266 g/mol. The minimum Gasteiger partial charge on any atom is -0.340 e. The normalized spacial score (nSPS) is 15.9. The Balaban J connectivity index is 1.85. The van der Waals surface area contributed by atoms with Crippen LogP contribution in [0.3, 0.4) is 0 Å². The van der Waals surface area contributed by atoms with Crippen molar-refractivity contribution >= 4 is 17.5 Å². The van der Waals surface area contributed by atoms with E-state index in [1.54, 1.807) is 6.92 Å². The van der Waals surface area contributed by atoms with E-state index in [2.05, 4.69) is 10.2 Å². The zero-order valence-corrected chi connectivity index (χ0v) is 13.0. The van der Waals surface area contributed by atoms with E-state index in [1.807, 2.05) is 36.9 Å². The number of carbonyl (C=O) groups is 2. The molecule has 114 valence electrons. The second-order valence-electron chi connectivity index (χ2n) is 5.65. The number of rotatable bonds is 3. The maximum absolute atomic E-state index is 12.1. The van der Waals surface area contributed by atoms with E-state index >= 15 is 0 Å². The molecule has 0 spiro atoms. The highest BCUT2D eigenvalue weighted by Gasteiger charge is 2.20. The Morgan fingerprint density at radius 1 is 1.14 bits per heavy atom. The van der Waals surface area contributed by atoms with Gasteiger partial charge in [-0.05, 0) is 31.0 Å². The van der Waals surface area contributed by atoms with Gasteiger partial charge in [-0.15, -0.1) is 0 Å². The van der Waals surface area contributed by atoms with Crippen molar-refractivity contribution in [3.05, 3.63) is 29.3 Å². The SMILES string of the molecule is CC(=O)N1CCN(CC(=O)Nc2cc(C)ccc2C)CC1. The van der Waals surface area contributed by atoms with Crippen LogP contribution in [0.5, 0.6) is 0 Å². The molecule has 1 aromatic carbocycles. The van der Waals surface area contributed by atoms with Gasteiger partial charge in [0.2, 0.25) is 11.8 Å². The molecule has 5 nitrogen and oxygen atoms in total. The number of hydrogen-bond acceptors (Lipinski definition) is 3. The summed E-state index contributed by atoms with van der Waals surface area (Å²) >= 11 is 0. The number of carbonyl (C=O) groups excluding carboxylic acids is 2. The van der Waals surface area contributed by atoms with Crippen LogP contribution < -0.4 is 5.32 Å². The first kappa shape index (κ1) is 15.5. The van der Waals surface area contributed by atoms with Crippen molar-refractivity contribution in [2.45, 2.75) is 20.8 Å². The number of hydrogen-bond donors (Lipinski definition) is 1. The molecule has 0 aliphatic carbocycles. The molecule has 1 aromatic rings. The minimum atomic E-state index is -0.0000231. The van der Waals surface area contributed by atoms with Crippen LogP contribution in [0.1, 0.15) is 18.1 Å². The van der Waals surface area contributed by atoms with E-state index in [0.717, 1.165) is 29.9 Å². The first-order valence-corrected chi connectivity index (χ1v) is 7.30. The minimum absolute atomic E-state index is 0.0000231. The lowest BCUT2D eigenvalue weighted by molar-refractivity contribution is -0.130. The largest absolute Gasteiger partial charge is 0.340 e. The lowest BCUT2D eigenvalue weighted by Gasteiger charge is -2.33. The van der Waals surface area contributed by atoms with Crippen molar-refractivity contribution in [2.75, 3.05) is 38.0 Å². The van der Waals surface area contributed by atoms with Crippen LogP contribution in [0.15, 0.2) is 18.2 Å². The van der Waals surface area contributed by atoms with Gasteiger partial charge in [-0.25, -0.2) is 0 Å². The van der Waals surface area contributed by atoms with Crippen LogP contribution in [0.2, 0.25) is 0 Å². The second kappa shape index (κ2) is 6.72. The van der Waals surface area contributed by atoms with Crippen LogP contribution in [0, 0.1) is 13.8 Å². The van der Waals surface area contributed by atoms with Crippen LogP contribution in [0.25, 0.3) is 0 Å². The summed E-state index contributed by atoms with van der Waals surface area (Å²) in [5, 5.41) is 2.97. The molecule has 0 bridgehead atoms. The molecular formula is C16H23N3O2. The molecule has 2 amide bonds. The van der Waals surface area contributed by atoms with Gasteiger partial charge in [0, 0.05) is 38.8 Å². The monoisotopic (exact) mass is 289 g/mol. The van der Waals surface area contributed by atoms with Gasteiger partial charge in [0.25, 0.3) is 0 Å². The summed E-state index contributed by atoms with van der Waals surface area (Å²) in [7, 11) is 0. The van der Waals surface area contributed by atoms with Crippen molar-refractivity contribution in [1.29, 1.82) is 0 Å². The van der Waals surface area contributed by atoms with Crippen LogP contribution in [-0.4, -0.2) is 54.3 Å². The molecule has 1 aliphatic rings. The summed E-state index contributed by atoms with van der Waals surface area (Å²) in [6, 6.07) is 6.03. The Morgan fingerprint density at radius 3 is 2.43 bits per heavy atom. The Labute approximate surface area is 125 Å². The Morgan fingerprint density at radius 2 is 1.81 bits per heavy atom. The van der Waals surface area contributed by atoms with Gasteiger partial charge >= 0.3 is 0 Å². The van der Waals surface area contributed by atoms with Gasteiger partial charge in [0.15, 0.2) is 0 Å². The molecule has 0 aromatic heterocycles. The highest BCUT2D eigenvalue weighted by Crippen LogP contribution is 2.16. The highest BCUT2D eigenvalue weighted by atomic mass is 16.2. The molecule has 2 rings (SSSR count). The number of aryl methyl sites for hydroxylation is 2. The number of benzene rings is 1. The van der Waals surface area contributed by atoms with Crippen molar-refractivity contribution in [3.8, 4) is 0 Å². The Kier molecular flexibility index (Phi) is 4.96. The number of amides is 2. The van der Waals surface area contributed by atoms with E-state index < -0.39 is 0 Å². The molecule has 0 unspecified atom stereocenters. The molecule has 1 heterocycles. The number of piperazine rings is 1. The zero-order valence-electron chi connectivity index (χ0n) is 13.0. The predicted molar refractivity (Wildman–Crippen MR) is 83.2 cm³/mol. The maximum Gasteiger partial charge on any atom is 0.238 e. The smallest absolute Gasteiger partial charge is 0.238 e. The number of nitrogens with one attached hydrogen (secondary N) is 1. The van der Waals surface area contributed by atoms with Crippen molar-refractivity contribution in [1.82, 2.24) is 9.80 Å².